The van der Waals surface area contributed by atoms with Crippen molar-refractivity contribution in [1.82, 2.24) is 10.3 Å². The second-order valence-corrected chi connectivity index (χ2v) is 2.43. The van der Waals surface area contributed by atoms with Crippen molar-refractivity contribution in [2.24, 2.45) is 5.84 Å². The van der Waals surface area contributed by atoms with Gasteiger partial charge in [0, 0.05) is 12.7 Å². The molecule has 1 aromatic heterocycles. The third kappa shape index (κ3) is 2.41. The summed E-state index contributed by atoms with van der Waals surface area (Å²) in [6.07, 6.45) is 1.53. The fourth-order valence-corrected chi connectivity index (χ4v) is 0.896. The molecule has 0 aliphatic heterocycles. The van der Waals surface area contributed by atoms with E-state index in [0.29, 0.717) is 17.9 Å². The average Bonchev–Trinajstić information content (AvgIpc) is 2.18. The van der Waals surface area contributed by atoms with E-state index in [1.54, 1.807) is 12.1 Å². The summed E-state index contributed by atoms with van der Waals surface area (Å²) in [5, 5.41) is 2.64. The summed E-state index contributed by atoms with van der Waals surface area (Å²) < 4.78 is 0. The fourth-order valence-electron chi connectivity index (χ4n) is 0.896. The number of hydrogen-bond donors (Lipinski definition) is 3. The number of carbonyl (C=O) groups excluding carboxylic acids is 1. The number of nitrogen functional groups attached to an aromatic ring is 1. The van der Waals surface area contributed by atoms with Gasteiger partial charge in [0.2, 0.25) is 0 Å². The Morgan fingerprint density at radius 2 is 2.46 bits per heavy atom. The van der Waals surface area contributed by atoms with E-state index in [9.17, 15) is 4.79 Å². The molecule has 70 valence electrons. The van der Waals surface area contributed by atoms with E-state index >= 15 is 0 Å². The number of hydrazine groups is 1. The van der Waals surface area contributed by atoms with Crippen molar-refractivity contribution in [3.05, 3.63) is 24.0 Å². The maximum atomic E-state index is 11.3. The number of nitrogens with one attached hydrogen (secondary N) is 2. The Morgan fingerprint density at radius 3 is 3.08 bits per heavy atom. The van der Waals surface area contributed by atoms with E-state index in [1.165, 1.54) is 6.20 Å². The maximum Gasteiger partial charge on any atom is 0.269 e. The van der Waals surface area contributed by atoms with Gasteiger partial charge in [-0.3, -0.25) is 15.6 Å². The van der Waals surface area contributed by atoms with Crippen LogP contribution in [0, 0.1) is 0 Å². The molecule has 5 heteroatoms. The van der Waals surface area contributed by atoms with Crippen molar-refractivity contribution in [2.75, 3.05) is 12.0 Å². The lowest BCUT2D eigenvalue weighted by molar-refractivity contribution is 0.0951. The van der Waals surface area contributed by atoms with Crippen molar-refractivity contribution in [2.45, 2.75) is 6.92 Å². The first-order chi connectivity index (χ1) is 6.27. The lowest BCUT2D eigenvalue weighted by Crippen LogP contribution is -2.23. The number of amides is 1. The maximum absolute atomic E-state index is 11.3. The summed E-state index contributed by atoms with van der Waals surface area (Å²) in [7, 11) is 0. The Balaban J connectivity index is 2.82. The lowest BCUT2D eigenvalue weighted by Gasteiger charge is -2.03. The molecule has 4 N–H and O–H groups in total. The number of nitrogens with zero attached hydrogens (tertiary/aromatic N) is 1. The SMILES string of the molecule is CCNC(=O)c1cc(NN)ccn1. The average molecular weight is 180 g/mol. The molecule has 0 saturated carbocycles. The van der Waals surface area contributed by atoms with Crippen LogP contribution in [0.5, 0.6) is 0 Å². The van der Waals surface area contributed by atoms with Gasteiger partial charge in [0.1, 0.15) is 5.69 Å². The van der Waals surface area contributed by atoms with Crippen molar-refractivity contribution in [3.8, 4) is 0 Å². The topological polar surface area (TPSA) is 80.0 Å². The molecule has 0 bridgehead atoms. The first-order valence-corrected chi connectivity index (χ1v) is 3.98. The Morgan fingerprint density at radius 1 is 1.69 bits per heavy atom. The molecule has 0 radical (unpaired) electrons. The Bertz CT molecular complexity index is 300. The fraction of sp³-hybridized carbons (Fsp3) is 0.250. The molecule has 0 aliphatic carbocycles. The highest BCUT2D eigenvalue weighted by molar-refractivity contribution is 5.92. The standard InChI is InChI=1S/C8H12N4O/c1-2-10-8(13)7-5-6(12-9)3-4-11-7/h3-5H,2,9H2,1H3,(H,10,13)(H,11,12). The van der Waals surface area contributed by atoms with E-state index in [4.69, 9.17) is 5.84 Å². The first-order valence-electron chi connectivity index (χ1n) is 3.98. The number of rotatable bonds is 3. The number of nitrogens with two attached hydrogens (primary N) is 1. The van der Waals surface area contributed by atoms with E-state index in [-0.39, 0.29) is 5.91 Å². The highest BCUT2D eigenvalue weighted by Gasteiger charge is 2.05. The predicted octanol–water partition coefficient (Wildman–Crippen LogP) is 0.117. The van der Waals surface area contributed by atoms with Crippen LogP contribution in [-0.4, -0.2) is 17.4 Å². The molecule has 1 amide bonds. The normalized spacial score (nSPS) is 9.38. The highest BCUT2D eigenvalue weighted by atomic mass is 16.1. The number of anilines is 1. The van der Waals surface area contributed by atoms with E-state index in [2.05, 4.69) is 15.7 Å². The zero-order chi connectivity index (χ0) is 9.68. The summed E-state index contributed by atoms with van der Waals surface area (Å²) in [5.41, 5.74) is 3.47. The second-order valence-electron chi connectivity index (χ2n) is 2.43. The third-order valence-corrected chi connectivity index (χ3v) is 1.50. The molecule has 13 heavy (non-hydrogen) atoms. The van der Waals surface area contributed by atoms with Gasteiger partial charge in [0.15, 0.2) is 0 Å². The lowest BCUT2D eigenvalue weighted by atomic mass is 10.3. The van der Waals surface area contributed by atoms with E-state index in [0.717, 1.165) is 0 Å². The summed E-state index contributed by atoms with van der Waals surface area (Å²) in [4.78, 5) is 15.2. The molecule has 1 rings (SSSR count). The van der Waals surface area contributed by atoms with Gasteiger partial charge >= 0.3 is 0 Å². The molecular weight excluding hydrogens is 168 g/mol. The largest absolute Gasteiger partial charge is 0.351 e. The monoisotopic (exact) mass is 180 g/mol. The van der Waals surface area contributed by atoms with Gasteiger partial charge in [-0.2, -0.15) is 0 Å². The van der Waals surface area contributed by atoms with Crippen LogP contribution in [0.25, 0.3) is 0 Å². The predicted molar refractivity (Wildman–Crippen MR) is 50.1 cm³/mol. The molecule has 1 aromatic rings. The Labute approximate surface area is 76.3 Å². The molecule has 0 saturated heterocycles. The minimum Gasteiger partial charge on any atom is -0.351 e. The third-order valence-electron chi connectivity index (χ3n) is 1.50. The van der Waals surface area contributed by atoms with Crippen LogP contribution in [0.4, 0.5) is 5.69 Å². The zero-order valence-corrected chi connectivity index (χ0v) is 7.37. The number of aromatic nitrogens is 1. The van der Waals surface area contributed by atoms with Gasteiger partial charge in [-0.1, -0.05) is 0 Å². The summed E-state index contributed by atoms with van der Waals surface area (Å²) >= 11 is 0. The summed E-state index contributed by atoms with van der Waals surface area (Å²) in [6.45, 7) is 2.43. The van der Waals surface area contributed by atoms with Gasteiger partial charge in [-0.25, -0.2) is 0 Å². The number of hydrogen-bond acceptors (Lipinski definition) is 4. The number of pyridine rings is 1. The molecule has 0 aromatic carbocycles. The van der Waals surface area contributed by atoms with Gasteiger partial charge in [-0.05, 0) is 19.1 Å². The molecule has 0 fully saturated rings. The minimum atomic E-state index is -0.195. The summed E-state index contributed by atoms with van der Waals surface area (Å²) in [6, 6.07) is 3.27. The Kier molecular flexibility index (Phi) is 3.22. The molecule has 0 atom stereocenters. The molecular formula is C8H12N4O. The van der Waals surface area contributed by atoms with Crippen molar-refractivity contribution >= 4 is 11.6 Å². The Hall–Kier alpha value is -1.62. The van der Waals surface area contributed by atoms with Gasteiger partial charge in [0.25, 0.3) is 5.91 Å². The molecule has 0 spiro atoms. The van der Waals surface area contributed by atoms with Crippen LogP contribution in [-0.2, 0) is 0 Å². The number of carbonyl (C=O) groups is 1. The second kappa shape index (κ2) is 4.42. The zero-order valence-electron chi connectivity index (χ0n) is 7.37. The van der Waals surface area contributed by atoms with Gasteiger partial charge in [0.05, 0.1) is 5.69 Å². The van der Waals surface area contributed by atoms with Crippen molar-refractivity contribution in [3.63, 3.8) is 0 Å². The molecule has 5 nitrogen and oxygen atoms in total. The molecule has 0 aliphatic rings. The van der Waals surface area contributed by atoms with E-state index in [1.807, 2.05) is 6.92 Å². The van der Waals surface area contributed by atoms with Gasteiger partial charge < -0.3 is 10.7 Å². The summed E-state index contributed by atoms with van der Waals surface area (Å²) in [5.74, 6) is 4.99. The first kappa shape index (κ1) is 9.47. The van der Waals surface area contributed by atoms with Crippen molar-refractivity contribution < 1.29 is 4.79 Å². The minimum absolute atomic E-state index is 0.195. The van der Waals surface area contributed by atoms with Gasteiger partial charge in [-0.15, -0.1) is 0 Å². The van der Waals surface area contributed by atoms with E-state index < -0.39 is 0 Å². The quantitative estimate of drug-likeness (QED) is 0.456. The van der Waals surface area contributed by atoms with Crippen LogP contribution in [0.15, 0.2) is 18.3 Å². The van der Waals surface area contributed by atoms with Crippen LogP contribution in [0.2, 0.25) is 0 Å². The van der Waals surface area contributed by atoms with Crippen LogP contribution >= 0.6 is 0 Å². The smallest absolute Gasteiger partial charge is 0.269 e. The van der Waals surface area contributed by atoms with Crippen LogP contribution in [0.1, 0.15) is 17.4 Å². The van der Waals surface area contributed by atoms with Crippen LogP contribution < -0.4 is 16.6 Å². The highest BCUT2D eigenvalue weighted by Crippen LogP contribution is 2.05. The molecule has 0 unspecified atom stereocenters. The van der Waals surface area contributed by atoms with Crippen molar-refractivity contribution in [1.29, 1.82) is 0 Å². The molecule has 1 heterocycles. The van der Waals surface area contributed by atoms with Crippen LogP contribution in [0.3, 0.4) is 0 Å².